The molecule has 2 aromatic carbocycles. The van der Waals surface area contributed by atoms with Crippen molar-refractivity contribution in [3.63, 3.8) is 0 Å². The number of hydrogen-bond acceptors (Lipinski definition) is 5. The van der Waals surface area contributed by atoms with Crippen LogP contribution in [0.2, 0.25) is 0 Å². The van der Waals surface area contributed by atoms with Crippen molar-refractivity contribution in [3.05, 3.63) is 68.6 Å². The molecule has 3 aromatic rings. The number of benzene rings is 2. The lowest BCUT2D eigenvalue weighted by molar-refractivity contribution is 0.104. The summed E-state index contributed by atoms with van der Waals surface area (Å²) in [5.41, 5.74) is 13.3. The third-order valence-electron chi connectivity index (χ3n) is 4.79. The van der Waals surface area contributed by atoms with Crippen molar-refractivity contribution in [2.24, 2.45) is 0 Å². The van der Waals surface area contributed by atoms with Gasteiger partial charge >= 0.3 is 0 Å². The highest BCUT2D eigenvalue weighted by molar-refractivity contribution is 7.18. The molecular formula is C21H23N3OS. The van der Waals surface area contributed by atoms with Gasteiger partial charge in [0.15, 0.2) is 5.13 Å². The maximum Gasteiger partial charge on any atom is 0.207 e. The molecule has 0 radical (unpaired) electrons. The number of ketones is 1. The van der Waals surface area contributed by atoms with Gasteiger partial charge in [-0.25, -0.2) is 4.98 Å². The number of nitrogens with one attached hydrogen (secondary N) is 1. The first-order valence-electron chi connectivity index (χ1n) is 8.50. The van der Waals surface area contributed by atoms with E-state index in [0.717, 1.165) is 22.4 Å². The molecule has 5 heteroatoms. The maximum atomic E-state index is 13.0. The molecule has 0 spiro atoms. The van der Waals surface area contributed by atoms with Gasteiger partial charge in [-0.1, -0.05) is 29.5 Å². The number of aryl methyl sites for hydroxylation is 4. The number of nitrogen functional groups attached to an aromatic ring is 1. The Kier molecular flexibility index (Phi) is 4.83. The smallest absolute Gasteiger partial charge is 0.207 e. The Morgan fingerprint density at radius 2 is 1.69 bits per heavy atom. The fourth-order valence-corrected chi connectivity index (χ4v) is 3.73. The van der Waals surface area contributed by atoms with Crippen molar-refractivity contribution in [1.82, 2.24) is 4.98 Å². The zero-order chi connectivity index (χ0) is 19.0. The molecule has 1 aromatic heterocycles. The molecule has 3 rings (SSSR count). The number of nitrogens with zero attached hydrogens (tertiary/aromatic N) is 1. The van der Waals surface area contributed by atoms with E-state index in [2.05, 4.69) is 30.2 Å². The molecule has 0 atom stereocenters. The summed E-state index contributed by atoms with van der Waals surface area (Å²) < 4.78 is 0. The van der Waals surface area contributed by atoms with Crippen LogP contribution in [0, 0.1) is 34.6 Å². The molecule has 0 saturated carbocycles. The van der Waals surface area contributed by atoms with Gasteiger partial charge in [-0.3, -0.25) is 4.79 Å². The minimum Gasteiger partial charge on any atom is -0.382 e. The summed E-state index contributed by atoms with van der Waals surface area (Å²) in [7, 11) is 0. The minimum absolute atomic E-state index is 0.0744. The monoisotopic (exact) mass is 365 g/mol. The van der Waals surface area contributed by atoms with Gasteiger partial charge in [-0.05, 0) is 74.6 Å². The molecular weight excluding hydrogens is 342 g/mol. The van der Waals surface area contributed by atoms with Gasteiger partial charge in [0.25, 0.3) is 0 Å². The van der Waals surface area contributed by atoms with Crippen LogP contribution in [0.1, 0.15) is 43.1 Å². The Balaban J connectivity index is 1.94. The van der Waals surface area contributed by atoms with Gasteiger partial charge in [-0.2, -0.15) is 0 Å². The van der Waals surface area contributed by atoms with E-state index in [1.807, 2.05) is 45.0 Å². The van der Waals surface area contributed by atoms with Crippen molar-refractivity contribution in [1.29, 1.82) is 0 Å². The van der Waals surface area contributed by atoms with Crippen LogP contribution in [-0.2, 0) is 0 Å². The normalized spacial score (nSPS) is 10.8. The molecule has 26 heavy (non-hydrogen) atoms. The van der Waals surface area contributed by atoms with Gasteiger partial charge in [0.05, 0.1) is 0 Å². The van der Waals surface area contributed by atoms with Crippen LogP contribution in [0.3, 0.4) is 0 Å². The summed E-state index contributed by atoms with van der Waals surface area (Å²) in [4.78, 5) is 17.8. The molecule has 0 aliphatic carbocycles. The van der Waals surface area contributed by atoms with Crippen molar-refractivity contribution in [3.8, 4) is 0 Å². The van der Waals surface area contributed by atoms with Crippen molar-refractivity contribution < 1.29 is 4.79 Å². The lowest BCUT2D eigenvalue weighted by Gasteiger charge is -2.09. The summed E-state index contributed by atoms with van der Waals surface area (Å²) in [6, 6.07) is 10.0. The van der Waals surface area contributed by atoms with Gasteiger partial charge < -0.3 is 11.1 Å². The molecule has 134 valence electrons. The van der Waals surface area contributed by atoms with E-state index in [0.29, 0.717) is 15.6 Å². The van der Waals surface area contributed by atoms with Gasteiger partial charge in [0.1, 0.15) is 10.7 Å². The first-order valence-corrected chi connectivity index (χ1v) is 9.31. The average Bonchev–Trinajstić information content (AvgIpc) is 2.95. The second-order valence-corrected chi connectivity index (χ2v) is 7.69. The number of nitrogens with two attached hydrogens (primary N) is 1. The summed E-state index contributed by atoms with van der Waals surface area (Å²) in [6.45, 7) is 10.1. The number of aromatic nitrogens is 1. The van der Waals surface area contributed by atoms with E-state index in [9.17, 15) is 4.79 Å². The van der Waals surface area contributed by atoms with E-state index in [1.165, 1.54) is 22.5 Å². The Morgan fingerprint density at radius 3 is 2.42 bits per heavy atom. The van der Waals surface area contributed by atoms with Crippen molar-refractivity contribution in [2.75, 3.05) is 11.1 Å². The van der Waals surface area contributed by atoms with E-state index >= 15 is 0 Å². The Bertz CT molecular complexity index is 1000. The first-order chi connectivity index (χ1) is 12.3. The molecule has 0 fully saturated rings. The molecule has 1 heterocycles. The molecule has 0 bridgehead atoms. The zero-order valence-electron chi connectivity index (χ0n) is 15.7. The molecule has 0 saturated heterocycles. The number of thiazole rings is 1. The third kappa shape index (κ3) is 3.35. The summed E-state index contributed by atoms with van der Waals surface area (Å²) >= 11 is 1.29. The lowest BCUT2D eigenvalue weighted by Crippen LogP contribution is -2.05. The molecule has 0 unspecified atom stereocenters. The quantitative estimate of drug-likeness (QED) is 0.620. The average molecular weight is 366 g/mol. The van der Waals surface area contributed by atoms with Crippen molar-refractivity contribution >= 4 is 33.8 Å². The van der Waals surface area contributed by atoms with Crippen LogP contribution >= 0.6 is 11.3 Å². The van der Waals surface area contributed by atoms with Gasteiger partial charge in [-0.15, -0.1) is 0 Å². The fraction of sp³-hybridized carbons (Fsp3) is 0.238. The highest BCUT2D eigenvalue weighted by Gasteiger charge is 2.20. The van der Waals surface area contributed by atoms with Crippen LogP contribution in [0.4, 0.5) is 16.6 Å². The van der Waals surface area contributed by atoms with Crippen LogP contribution in [0.15, 0.2) is 30.3 Å². The summed E-state index contributed by atoms with van der Waals surface area (Å²) in [6.07, 6.45) is 0. The molecule has 0 amide bonds. The molecule has 0 aliphatic rings. The highest BCUT2D eigenvalue weighted by atomic mass is 32.1. The number of carbonyl (C=O) groups excluding carboxylic acids is 1. The van der Waals surface area contributed by atoms with Gasteiger partial charge in [0, 0.05) is 11.3 Å². The second kappa shape index (κ2) is 6.92. The topological polar surface area (TPSA) is 68.0 Å². The summed E-state index contributed by atoms with van der Waals surface area (Å²) in [5, 5.41) is 3.92. The Morgan fingerprint density at radius 1 is 1.00 bits per heavy atom. The van der Waals surface area contributed by atoms with Crippen LogP contribution in [0.25, 0.3) is 0 Å². The SMILES string of the molecule is Cc1cc(C)c(C(=O)c2sc(Nc3cccc(C)c3C)nc2N)cc1C. The van der Waals surface area contributed by atoms with Gasteiger partial charge in [0.2, 0.25) is 5.78 Å². The minimum atomic E-state index is -0.0744. The van der Waals surface area contributed by atoms with E-state index in [4.69, 9.17) is 5.73 Å². The van der Waals surface area contributed by atoms with Crippen LogP contribution in [0.5, 0.6) is 0 Å². The lowest BCUT2D eigenvalue weighted by atomic mass is 9.97. The van der Waals surface area contributed by atoms with E-state index < -0.39 is 0 Å². The number of anilines is 3. The summed E-state index contributed by atoms with van der Waals surface area (Å²) in [5.74, 6) is 0.194. The predicted molar refractivity (Wildman–Crippen MR) is 110 cm³/mol. The highest BCUT2D eigenvalue weighted by Crippen LogP contribution is 2.32. The van der Waals surface area contributed by atoms with E-state index in [1.54, 1.807) is 0 Å². The van der Waals surface area contributed by atoms with Crippen LogP contribution in [-0.4, -0.2) is 10.8 Å². The number of rotatable bonds is 4. The fourth-order valence-electron chi connectivity index (χ4n) is 2.88. The Hall–Kier alpha value is -2.66. The number of carbonyl (C=O) groups is 1. The first kappa shape index (κ1) is 18.1. The second-order valence-electron chi connectivity index (χ2n) is 6.69. The zero-order valence-corrected chi connectivity index (χ0v) is 16.5. The number of hydrogen-bond donors (Lipinski definition) is 2. The standard InChI is InChI=1S/C21H23N3OS/c1-11-7-6-8-17(15(11)5)23-21-24-20(22)19(26-21)18(25)16-10-13(3)12(2)9-14(16)4/h6-10H,22H2,1-5H3,(H,23,24). The van der Waals surface area contributed by atoms with Crippen molar-refractivity contribution in [2.45, 2.75) is 34.6 Å². The molecule has 4 nitrogen and oxygen atoms in total. The third-order valence-corrected chi connectivity index (χ3v) is 5.78. The molecule has 0 aliphatic heterocycles. The van der Waals surface area contributed by atoms with Crippen LogP contribution < -0.4 is 11.1 Å². The maximum absolute atomic E-state index is 13.0. The molecule has 3 N–H and O–H groups in total. The Labute approximate surface area is 158 Å². The predicted octanol–water partition coefficient (Wildman–Crippen LogP) is 5.24. The van der Waals surface area contributed by atoms with E-state index in [-0.39, 0.29) is 11.6 Å². The largest absolute Gasteiger partial charge is 0.382 e.